The molecule has 0 spiro atoms. The largest absolute Gasteiger partial charge is 0.497 e. The van der Waals surface area contributed by atoms with Crippen LogP contribution in [0.4, 0.5) is 5.82 Å². The van der Waals surface area contributed by atoms with Crippen LogP contribution in [0.3, 0.4) is 0 Å². The molecule has 0 radical (unpaired) electrons. The van der Waals surface area contributed by atoms with Gasteiger partial charge in [-0.15, -0.1) is 11.6 Å². The number of nitrogens with zero attached hydrogens (tertiary/aromatic N) is 5. The normalized spacial score (nSPS) is 15.5. The van der Waals surface area contributed by atoms with Crippen molar-refractivity contribution >= 4 is 34.4 Å². The molecule has 9 nitrogen and oxygen atoms in total. The second-order valence-corrected chi connectivity index (χ2v) is 7.70. The number of rotatable bonds is 5. The smallest absolute Gasteiger partial charge is 0.223 e. The van der Waals surface area contributed by atoms with Gasteiger partial charge in [0, 0.05) is 37.0 Å². The van der Waals surface area contributed by atoms with E-state index >= 15 is 0 Å². The van der Waals surface area contributed by atoms with E-state index in [9.17, 15) is 4.79 Å². The van der Waals surface area contributed by atoms with Crippen LogP contribution in [0.2, 0.25) is 0 Å². The second-order valence-electron chi connectivity index (χ2n) is 7.32. The van der Waals surface area contributed by atoms with Crippen LogP contribution in [-0.4, -0.2) is 63.7 Å². The van der Waals surface area contributed by atoms with E-state index in [1.54, 1.807) is 29.9 Å². The number of halogens is 1. The highest BCUT2D eigenvalue weighted by atomic mass is 35.5. The summed E-state index contributed by atoms with van der Waals surface area (Å²) in [7, 11) is 3.17. The maximum Gasteiger partial charge on any atom is 0.223 e. The molecule has 1 amide bonds. The van der Waals surface area contributed by atoms with Crippen LogP contribution in [0.25, 0.3) is 11.0 Å². The lowest BCUT2D eigenvalue weighted by Crippen LogP contribution is -2.29. The summed E-state index contributed by atoms with van der Waals surface area (Å²) in [5.74, 6) is 8.13. The third-order valence-electron chi connectivity index (χ3n) is 5.37. The summed E-state index contributed by atoms with van der Waals surface area (Å²) in [5.41, 5.74) is 7.94. The molecule has 10 heteroatoms. The first-order chi connectivity index (χ1) is 15.5. The number of anilines is 1. The zero-order valence-electron chi connectivity index (χ0n) is 17.8. The number of ether oxygens (including phenoxy) is 2. The third kappa shape index (κ3) is 4.27. The lowest BCUT2D eigenvalue weighted by molar-refractivity contribution is -0.129. The fourth-order valence-electron chi connectivity index (χ4n) is 3.76. The van der Waals surface area contributed by atoms with E-state index in [0.717, 1.165) is 6.42 Å². The van der Waals surface area contributed by atoms with E-state index in [-0.39, 0.29) is 11.9 Å². The summed E-state index contributed by atoms with van der Waals surface area (Å²) >= 11 is 5.72. The molecule has 0 bridgehead atoms. The quantitative estimate of drug-likeness (QED) is 0.465. The van der Waals surface area contributed by atoms with Crippen molar-refractivity contribution in [3.63, 3.8) is 0 Å². The lowest BCUT2D eigenvalue weighted by Gasteiger charge is -2.16. The minimum atomic E-state index is -0.0291. The average Bonchev–Trinajstić information content (AvgIpc) is 3.43. The number of methoxy groups -OCH3 is 2. The molecule has 0 aliphatic carbocycles. The van der Waals surface area contributed by atoms with Gasteiger partial charge in [0.15, 0.2) is 5.65 Å². The molecule has 1 unspecified atom stereocenters. The lowest BCUT2D eigenvalue weighted by atomic mass is 10.2. The van der Waals surface area contributed by atoms with Crippen molar-refractivity contribution in [3.05, 3.63) is 35.8 Å². The molecule has 2 N–H and O–H groups in total. The molecule has 32 heavy (non-hydrogen) atoms. The van der Waals surface area contributed by atoms with Gasteiger partial charge >= 0.3 is 0 Å². The summed E-state index contributed by atoms with van der Waals surface area (Å²) in [5, 5.41) is 5.30. The Hall–Kier alpha value is -3.51. The number of hydrogen-bond acceptors (Lipinski definition) is 7. The van der Waals surface area contributed by atoms with E-state index in [4.69, 9.17) is 31.9 Å². The minimum Gasteiger partial charge on any atom is -0.497 e. The highest BCUT2D eigenvalue weighted by Crippen LogP contribution is 2.29. The number of fused-ring (bicyclic) bond motifs is 1. The Kier molecular flexibility index (Phi) is 6.32. The van der Waals surface area contributed by atoms with Crippen LogP contribution < -0.4 is 15.2 Å². The molecule has 1 aromatic carbocycles. The van der Waals surface area contributed by atoms with Crippen LogP contribution >= 0.6 is 11.6 Å². The Labute approximate surface area is 190 Å². The summed E-state index contributed by atoms with van der Waals surface area (Å²) in [4.78, 5) is 22.5. The number of carbonyl (C=O) groups is 1. The van der Waals surface area contributed by atoms with Crippen LogP contribution in [0, 0.1) is 11.8 Å². The molecule has 1 aliphatic rings. The fraction of sp³-hybridized carbons (Fsp3) is 0.364. The van der Waals surface area contributed by atoms with Crippen LogP contribution in [0.15, 0.2) is 24.5 Å². The van der Waals surface area contributed by atoms with Crippen LogP contribution in [0.1, 0.15) is 30.1 Å². The Balaban J connectivity index is 1.71. The van der Waals surface area contributed by atoms with E-state index < -0.39 is 0 Å². The maximum absolute atomic E-state index is 12.2. The molecule has 166 valence electrons. The molecule has 0 saturated carbocycles. The summed E-state index contributed by atoms with van der Waals surface area (Å²) in [6, 6.07) is 5.37. The zero-order valence-corrected chi connectivity index (χ0v) is 18.6. The number of amides is 1. The van der Waals surface area contributed by atoms with Gasteiger partial charge in [-0.3, -0.25) is 4.79 Å². The molecule has 1 aliphatic heterocycles. The molecule has 2 aromatic heterocycles. The van der Waals surface area contributed by atoms with Gasteiger partial charge in [0.1, 0.15) is 29.3 Å². The van der Waals surface area contributed by atoms with Gasteiger partial charge in [-0.25, -0.2) is 14.6 Å². The third-order valence-corrected chi connectivity index (χ3v) is 5.55. The summed E-state index contributed by atoms with van der Waals surface area (Å²) in [6.45, 7) is 1.18. The van der Waals surface area contributed by atoms with Crippen molar-refractivity contribution in [2.75, 3.05) is 38.9 Å². The minimum absolute atomic E-state index is 0.0291. The van der Waals surface area contributed by atoms with E-state index in [1.165, 1.54) is 6.33 Å². The Morgan fingerprint density at radius 1 is 1.22 bits per heavy atom. The average molecular weight is 455 g/mol. The molecule has 3 heterocycles. The number of hydrogen-bond donors (Lipinski definition) is 1. The van der Waals surface area contributed by atoms with Crippen molar-refractivity contribution in [2.45, 2.75) is 18.9 Å². The first-order valence-electron chi connectivity index (χ1n) is 10.1. The molecular formula is C22H23ClN6O3. The molecular weight excluding hydrogens is 432 g/mol. The van der Waals surface area contributed by atoms with Gasteiger partial charge in [0.05, 0.1) is 25.6 Å². The predicted molar refractivity (Wildman–Crippen MR) is 121 cm³/mol. The van der Waals surface area contributed by atoms with Gasteiger partial charge < -0.3 is 20.1 Å². The number of alkyl halides is 1. The Morgan fingerprint density at radius 2 is 1.97 bits per heavy atom. The monoisotopic (exact) mass is 454 g/mol. The van der Waals surface area contributed by atoms with E-state index in [0.29, 0.717) is 65.0 Å². The highest BCUT2D eigenvalue weighted by Gasteiger charge is 2.30. The van der Waals surface area contributed by atoms with Crippen molar-refractivity contribution in [3.8, 4) is 23.3 Å². The van der Waals surface area contributed by atoms with Gasteiger partial charge in [0.2, 0.25) is 5.91 Å². The zero-order chi connectivity index (χ0) is 22.7. The molecule has 3 aromatic rings. The molecule has 1 fully saturated rings. The standard InChI is InChI=1S/C22H23ClN6O3/c1-31-16-9-14(10-17(11-16)32-2)3-4-18-20-21(24)25-13-26-22(20)29(27-18)15-6-8-28(12-15)19(30)5-7-23/h9-11,13,15H,5-8,12H2,1-2H3,(H2,24,25,26). The topological polar surface area (TPSA) is 108 Å². The molecule has 1 atom stereocenters. The predicted octanol–water partition coefficient (Wildman–Crippen LogP) is 2.23. The van der Waals surface area contributed by atoms with Crippen molar-refractivity contribution in [2.24, 2.45) is 0 Å². The highest BCUT2D eigenvalue weighted by molar-refractivity contribution is 6.18. The van der Waals surface area contributed by atoms with E-state index in [2.05, 4.69) is 21.8 Å². The SMILES string of the molecule is COc1cc(C#Cc2nn(C3CCN(C(=O)CCCl)C3)c3ncnc(N)c23)cc(OC)c1. The van der Waals surface area contributed by atoms with E-state index in [1.807, 2.05) is 12.1 Å². The molecule has 1 saturated heterocycles. The first kappa shape index (κ1) is 21.7. The fourth-order valence-corrected chi connectivity index (χ4v) is 3.92. The van der Waals surface area contributed by atoms with Gasteiger partial charge in [0.25, 0.3) is 0 Å². The Morgan fingerprint density at radius 3 is 2.66 bits per heavy atom. The van der Waals surface area contributed by atoms with Crippen molar-refractivity contribution in [1.82, 2.24) is 24.6 Å². The number of nitrogen functional groups attached to an aromatic ring is 1. The van der Waals surface area contributed by atoms with Gasteiger partial charge in [-0.2, -0.15) is 5.10 Å². The van der Waals surface area contributed by atoms with Crippen molar-refractivity contribution < 1.29 is 14.3 Å². The number of carbonyl (C=O) groups excluding carboxylic acids is 1. The molecule has 4 rings (SSSR count). The number of aromatic nitrogens is 4. The maximum atomic E-state index is 12.2. The van der Waals surface area contributed by atoms with Gasteiger partial charge in [-0.1, -0.05) is 5.92 Å². The first-order valence-corrected chi connectivity index (χ1v) is 10.6. The van der Waals surface area contributed by atoms with Gasteiger partial charge in [-0.05, 0) is 24.5 Å². The Bertz CT molecular complexity index is 1190. The summed E-state index contributed by atoms with van der Waals surface area (Å²) < 4.78 is 12.4. The van der Waals surface area contributed by atoms with Crippen LogP contribution in [0.5, 0.6) is 11.5 Å². The number of likely N-dealkylation sites (tertiary alicyclic amines) is 1. The summed E-state index contributed by atoms with van der Waals surface area (Å²) in [6.07, 6.45) is 2.49. The van der Waals surface area contributed by atoms with Crippen molar-refractivity contribution in [1.29, 1.82) is 0 Å². The second kappa shape index (κ2) is 9.32. The number of benzene rings is 1. The van der Waals surface area contributed by atoms with Crippen LogP contribution in [-0.2, 0) is 4.79 Å². The number of nitrogens with two attached hydrogens (primary N) is 1.